The molecule has 2 nitrogen and oxygen atoms in total. The maximum atomic E-state index is 3.48. The molecule has 1 saturated heterocycles. The first-order chi connectivity index (χ1) is 5.29. The fraction of sp³-hybridized carbons (Fsp3) is 1.00. The van der Waals surface area contributed by atoms with Crippen LogP contribution in [0.4, 0.5) is 0 Å². The summed E-state index contributed by atoms with van der Waals surface area (Å²) >= 11 is 0. The fourth-order valence-electron chi connectivity index (χ4n) is 2.76. The van der Waals surface area contributed by atoms with Gasteiger partial charge in [0.25, 0.3) is 0 Å². The van der Waals surface area contributed by atoms with Gasteiger partial charge in [0, 0.05) is 6.04 Å². The van der Waals surface area contributed by atoms with Crippen LogP contribution in [-0.4, -0.2) is 38.1 Å². The van der Waals surface area contributed by atoms with E-state index in [4.69, 9.17) is 0 Å². The van der Waals surface area contributed by atoms with Gasteiger partial charge in [-0.3, -0.25) is 0 Å². The Labute approximate surface area is 69.0 Å². The minimum atomic E-state index is 0.856. The maximum absolute atomic E-state index is 3.48. The van der Waals surface area contributed by atoms with E-state index in [1.165, 1.54) is 25.9 Å². The first-order valence-corrected chi connectivity index (χ1v) is 4.66. The zero-order valence-electron chi connectivity index (χ0n) is 7.51. The Kier molecular flexibility index (Phi) is 1.90. The van der Waals surface area contributed by atoms with Gasteiger partial charge in [-0.1, -0.05) is 0 Å². The molecule has 3 atom stereocenters. The van der Waals surface area contributed by atoms with Crippen LogP contribution in [-0.2, 0) is 0 Å². The van der Waals surface area contributed by atoms with Gasteiger partial charge < -0.3 is 10.2 Å². The molecule has 0 aromatic heterocycles. The lowest BCUT2D eigenvalue weighted by molar-refractivity contribution is 0.236. The van der Waals surface area contributed by atoms with Crippen LogP contribution in [0.2, 0.25) is 0 Å². The molecule has 1 saturated carbocycles. The Hall–Kier alpha value is -0.0800. The smallest absolute Gasteiger partial charge is 0.0133 e. The molecule has 64 valence electrons. The summed E-state index contributed by atoms with van der Waals surface area (Å²) in [6.07, 6.45) is 2.87. The minimum Gasteiger partial charge on any atom is -0.316 e. The molecule has 1 aliphatic heterocycles. The fourth-order valence-corrected chi connectivity index (χ4v) is 2.76. The van der Waals surface area contributed by atoms with Crippen LogP contribution >= 0.6 is 0 Å². The third kappa shape index (κ3) is 1.18. The van der Waals surface area contributed by atoms with E-state index in [9.17, 15) is 0 Å². The number of fused-ring (bicyclic) bond motifs is 1. The van der Waals surface area contributed by atoms with Gasteiger partial charge in [0.15, 0.2) is 0 Å². The van der Waals surface area contributed by atoms with E-state index in [0.717, 1.165) is 17.9 Å². The molecule has 0 aromatic carbocycles. The molecule has 0 aromatic rings. The lowest BCUT2D eigenvalue weighted by Crippen LogP contribution is -2.34. The third-order valence-electron chi connectivity index (χ3n) is 3.38. The normalized spacial score (nSPS) is 43.4. The van der Waals surface area contributed by atoms with Gasteiger partial charge in [0.2, 0.25) is 0 Å². The molecule has 2 rings (SSSR count). The second-order valence-electron chi connectivity index (χ2n) is 4.19. The second kappa shape index (κ2) is 2.76. The van der Waals surface area contributed by atoms with Crippen LogP contribution in [0.1, 0.15) is 12.8 Å². The van der Waals surface area contributed by atoms with Gasteiger partial charge in [-0.15, -0.1) is 0 Å². The zero-order valence-corrected chi connectivity index (χ0v) is 7.51. The highest BCUT2D eigenvalue weighted by atomic mass is 15.1. The van der Waals surface area contributed by atoms with Gasteiger partial charge in [-0.05, 0) is 51.9 Å². The van der Waals surface area contributed by atoms with Crippen molar-refractivity contribution in [2.45, 2.75) is 18.9 Å². The standard InChI is InChI=1S/C9H18N2/c1-11(2)9-4-3-7-5-10-6-8(7)9/h7-10H,3-6H2,1-2H3/t7-,8-,9+/m0/s1. The molecule has 1 heterocycles. The summed E-state index contributed by atoms with van der Waals surface area (Å²) in [5.74, 6) is 1.94. The van der Waals surface area contributed by atoms with Crippen molar-refractivity contribution in [2.24, 2.45) is 11.8 Å². The van der Waals surface area contributed by atoms with Crippen molar-refractivity contribution in [3.05, 3.63) is 0 Å². The largest absolute Gasteiger partial charge is 0.316 e. The summed E-state index contributed by atoms with van der Waals surface area (Å²) in [5.41, 5.74) is 0. The van der Waals surface area contributed by atoms with Crippen molar-refractivity contribution in [2.75, 3.05) is 27.2 Å². The zero-order chi connectivity index (χ0) is 7.84. The lowest BCUT2D eigenvalue weighted by atomic mass is 9.97. The number of hydrogen-bond donors (Lipinski definition) is 1. The Balaban J connectivity index is 2.03. The van der Waals surface area contributed by atoms with E-state index in [2.05, 4.69) is 24.3 Å². The van der Waals surface area contributed by atoms with Crippen molar-refractivity contribution >= 4 is 0 Å². The highest BCUT2D eigenvalue weighted by Gasteiger charge is 2.39. The Bertz CT molecular complexity index is 144. The first-order valence-electron chi connectivity index (χ1n) is 4.66. The van der Waals surface area contributed by atoms with Crippen molar-refractivity contribution in [3.8, 4) is 0 Å². The summed E-state index contributed by atoms with van der Waals surface area (Å²) in [6.45, 7) is 2.53. The van der Waals surface area contributed by atoms with Crippen molar-refractivity contribution < 1.29 is 0 Å². The minimum absolute atomic E-state index is 0.856. The van der Waals surface area contributed by atoms with E-state index < -0.39 is 0 Å². The van der Waals surface area contributed by atoms with Crippen LogP contribution < -0.4 is 5.32 Å². The van der Waals surface area contributed by atoms with Gasteiger partial charge in [0.05, 0.1) is 0 Å². The molecule has 0 bridgehead atoms. The van der Waals surface area contributed by atoms with Crippen LogP contribution in [0.3, 0.4) is 0 Å². The van der Waals surface area contributed by atoms with E-state index >= 15 is 0 Å². The molecule has 0 radical (unpaired) electrons. The molecule has 2 fully saturated rings. The molecule has 0 unspecified atom stereocenters. The molecule has 1 N–H and O–H groups in total. The highest BCUT2D eigenvalue weighted by Crippen LogP contribution is 2.36. The average Bonchev–Trinajstić information content (AvgIpc) is 2.41. The van der Waals surface area contributed by atoms with E-state index in [1.54, 1.807) is 0 Å². The summed E-state index contributed by atoms with van der Waals surface area (Å²) in [5, 5.41) is 3.48. The average molecular weight is 154 g/mol. The maximum Gasteiger partial charge on any atom is 0.0133 e. The summed E-state index contributed by atoms with van der Waals surface area (Å²) in [7, 11) is 4.43. The molecule has 2 aliphatic rings. The Morgan fingerprint density at radius 1 is 1.18 bits per heavy atom. The van der Waals surface area contributed by atoms with Crippen molar-refractivity contribution in [3.63, 3.8) is 0 Å². The third-order valence-corrected chi connectivity index (χ3v) is 3.38. The molecule has 0 spiro atoms. The molecule has 11 heavy (non-hydrogen) atoms. The predicted octanol–water partition coefficient (Wildman–Crippen LogP) is 0.546. The van der Waals surface area contributed by atoms with Crippen LogP contribution in [0.5, 0.6) is 0 Å². The molecule has 1 aliphatic carbocycles. The quantitative estimate of drug-likeness (QED) is 0.593. The Morgan fingerprint density at radius 2 is 2.00 bits per heavy atom. The van der Waals surface area contributed by atoms with Gasteiger partial charge >= 0.3 is 0 Å². The van der Waals surface area contributed by atoms with Gasteiger partial charge in [-0.25, -0.2) is 0 Å². The highest BCUT2D eigenvalue weighted by molar-refractivity contribution is 4.95. The Morgan fingerprint density at radius 3 is 2.73 bits per heavy atom. The SMILES string of the molecule is CN(C)[C@@H]1CC[C@H]2CNC[C@@H]21. The summed E-state index contributed by atoms with van der Waals surface area (Å²) in [6, 6.07) is 0.856. The number of hydrogen-bond acceptors (Lipinski definition) is 2. The summed E-state index contributed by atoms with van der Waals surface area (Å²) < 4.78 is 0. The van der Waals surface area contributed by atoms with E-state index in [-0.39, 0.29) is 0 Å². The lowest BCUT2D eigenvalue weighted by Gasteiger charge is -2.24. The van der Waals surface area contributed by atoms with Gasteiger partial charge in [0.1, 0.15) is 0 Å². The van der Waals surface area contributed by atoms with Crippen LogP contribution in [0.15, 0.2) is 0 Å². The molecule has 2 heteroatoms. The van der Waals surface area contributed by atoms with Crippen molar-refractivity contribution in [1.82, 2.24) is 10.2 Å². The van der Waals surface area contributed by atoms with Crippen molar-refractivity contribution in [1.29, 1.82) is 0 Å². The second-order valence-corrected chi connectivity index (χ2v) is 4.19. The monoisotopic (exact) mass is 154 g/mol. The van der Waals surface area contributed by atoms with E-state index in [1.807, 2.05) is 0 Å². The number of nitrogens with zero attached hydrogens (tertiary/aromatic N) is 1. The van der Waals surface area contributed by atoms with Crippen LogP contribution in [0.25, 0.3) is 0 Å². The predicted molar refractivity (Wildman–Crippen MR) is 46.6 cm³/mol. The molecule has 0 amide bonds. The van der Waals surface area contributed by atoms with Crippen LogP contribution in [0, 0.1) is 11.8 Å². The topological polar surface area (TPSA) is 15.3 Å². The number of nitrogens with one attached hydrogen (secondary N) is 1. The van der Waals surface area contributed by atoms with Gasteiger partial charge in [-0.2, -0.15) is 0 Å². The first kappa shape index (κ1) is 7.56. The number of rotatable bonds is 1. The van der Waals surface area contributed by atoms with E-state index in [0.29, 0.717) is 0 Å². The molecular formula is C9H18N2. The summed E-state index contributed by atoms with van der Waals surface area (Å²) in [4.78, 5) is 2.40. The molecular weight excluding hydrogens is 136 g/mol.